The summed E-state index contributed by atoms with van der Waals surface area (Å²) in [6.45, 7) is 7.06. The fourth-order valence-corrected chi connectivity index (χ4v) is 3.77. The Labute approximate surface area is 127 Å². The van der Waals surface area contributed by atoms with Crippen molar-refractivity contribution in [3.8, 4) is 0 Å². The Morgan fingerprint density at radius 3 is 2.62 bits per heavy atom. The van der Waals surface area contributed by atoms with E-state index in [4.69, 9.17) is 5.73 Å². The summed E-state index contributed by atoms with van der Waals surface area (Å²) in [4.78, 5) is 4.62. The van der Waals surface area contributed by atoms with Gasteiger partial charge in [-0.15, -0.1) is 0 Å². The van der Waals surface area contributed by atoms with E-state index in [2.05, 4.69) is 50.0 Å². The molecule has 1 aliphatic carbocycles. The van der Waals surface area contributed by atoms with Crippen molar-refractivity contribution in [2.45, 2.75) is 52.0 Å². The van der Waals surface area contributed by atoms with Crippen molar-refractivity contribution < 1.29 is 0 Å². The molecule has 21 heavy (non-hydrogen) atoms. The molecule has 3 rings (SSSR count). The van der Waals surface area contributed by atoms with Gasteiger partial charge in [0.2, 0.25) is 0 Å². The first-order chi connectivity index (χ1) is 9.97. The first-order valence-electron chi connectivity index (χ1n) is 8.06. The number of pyridine rings is 1. The van der Waals surface area contributed by atoms with E-state index in [1.807, 2.05) is 12.3 Å². The number of benzene rings is 1. The van der Waals surface area contributed by atoms with Gasteiger partial charge in [0.1, 0.15) is 0 Å². The van der Waals surface area contributed by atoms with Crippen LogP contribution in [0.4, 0.5) is 0 Å². The number of para-hydroxylation sites is 1. The summed E-state index contributed by atoms with van der Waals surface area (Å²) in [5, 5.41) is 1.22. The highest BCUT2D eigenvalue weighted by Gasteiger charge is 2.35. The molecule has 3 atom stereocenters. The number of rotatable bonds is 1. The van der Waals surface area contributed by atoms with E-state index in [1.54, 1.807) is 0 Å². The molecule has 0 bridgehead atoms. The van der Waals surface area contributed by atoms with Crippen molar-refractivity contribution in [1.82, 2.24) is 4.98 Å². The zero-order chi connectivity index (χ0) is 15.0. The second-order valence-corrected chi connectivity index (χ2v) is 7.57. The Kier molecular flexibility index (Phi) is 3.75. The van der Waals surface area contributed by atoms with Crippen LogP contribution in [-0.2, 0) is 0 Å². The van der Waals surface area contributed by atoms with Gasteiger partial charge in [0.05, 0.1) is 5.52 Å². The highest BCUT2D eigenvalue weighted by Crippen LogP contribution is 2.44. The van der Waals surface area contributed by atoms with Gasteiger partial charge in [-0.2, -0.15) is 0 Å². The van der Waals surface area contributed by atoms with Gasteiger partial charge in [0.25, 0.3) is 0 Å². The van der Waals surface area contributed by atoms with Crippen LogP contribution < -0.4 is 5.73 Å². The Bertz CT molecular complexity index is 621. The number of nitrogens with two attached hydrogens (primary N) is 1. The van der Waals surface area contributed by atoms with Gasteiger partial charge in [-0.25, -0.2) is 0 Å². The van der Waals surface area contributed by atoms with Gasteiger partial charge in [-0.1, -0.05) is 45.0 Å². The Morgan fingerprint density at radius 1 is 1.10 bits per heavy atom. The lowest BCUT2D eigenvalue weighted by molar-refractivity contribution is 0.154. The fourth-order valence-electron chi connectivity index (χ4n) is 3.77. The molecule has 1 aromatic heterocycles. The number of hydrogen-bond acceptors (Lipinski definition) is 2. The van der Waals surface area contributed by atoms with Crippen LogP contribution in [0.15, 0.2) is 36.5 Å². The Balaban J connectivity index is 2.00. The van der Waals surface area contributed by atoms with Gasteiger partial charge in [-0.05, 0) is 42.2 Å². The summed E-state index contributed by atoms with van der Waals surface area (Å²) < 4.78 is 0. The third-order valence-corrected chi connectivity index (χ3v) is 5.19. The highest BCUT2D eigenvalue weighted by atomic mass is 14.7. The Hall–Kier alpha value is -1.41. The first kappa shape index (κ1) is 14.5. The molecule has 112 valence electrons. The van der Waals surface area contributed by atoms with E-state index >= 15 is 0 Å². The summed E-state index contributed by atoms with van der Waals surface area (Å²) in [5.41, 5.74) is 9.31. The second-order valence-electron chi connectivity index (χ2n) is 7.57. The molecular formula is C19H26N2. The average molecular weight is 282 g/mol. The van der Waals surface area contributed by atoms with E-state index in [9.17, 15) is 0 Å². The lowest BCUT2D eigenvalue weighted by Crippen LogP contribution is -2.38. The maximum atomic E-state index is 6.48. The van der Waals surface area contributed by atoms with E-state index in [0.29, 0.717) is 11.3 Å². The van der Waals surface area contributed by atoms with E-state index < -0.39 is 0 Å². The summed E-state index contributed by atoms with van der Waals surface area (Å²) in [5.74, 6) is 1.17. The standard InChI is InChI=1S/C19H26N2/c1-19(2,3)14-9-10-17(20)16(12-14)15-8-4-6-13-7-5-11-21-18(13)15/h4-8,11,14,16-17H,9-10,12,20H2,1-3H3. The SMILES string of the molecule is CC(C)(C)C1CCC(N)C(c2cccc3cccnc23)C1. The molecule has 0 amide bonds. The van der Waals surface area contributed by atoms with Crippen molar-refractivity contribution in [1.29, 1.82) is 0 Å². The molecule has 0 radical (unpaired) electrons. The minimum Gasteiger partial charge on any atom is -0.327 e. The molecule has 0 aliphatic heterocycles. The summed E-state index contributed by atoms with van der Waals surface area (Å²) in [6.07, 6.45) is 5.44. The molecule has 2 N–H and O–H groups in total. The normalized spacial score (nSPS) is 27.0. The summed E-state index contributed by atoms with van der Waals surface area (Å²) in [6, 6.07) is 10.9. The highest BCUT2D eigenvalue weighted by molar-refractivity contribution is 5.82. The fraction of sp³-hybridized carbons (Fsp3) is 0.526. The van der Waals surface area contributed by atoms with Crippen molar-refractivity contribution in [2.24, 2.45) is 17.1 Å². The number of aromatic nitrogens is 1. The van der Waals surface area contributed by atoms with E-state index in [1.165, 1.54) is 23.8 Å². The molecule has 0 spiro atoms. The topological polar surface area (TPSA) is 38.9 Å². The van der Waals surface area contributed by atoms with Gasteiger partial charge >= 0.3 is 0 Å². The zero-order valence-electron chi connectivity index (χ0n) is 13.3. The largest absolute Gasteiger partial charge is 0.327 e. The Morgan fingerprint density at radius 2 is 1.86 bits per heavy atom. The van der Waals surface area contributed by atoms with Gasteiger partial charge in [-0.3, -0.25) is 4.98 Å². The number of fused-ring (bicyclic) bond motifs is 1. The molecule has 1 aliphatic rings. The molecule has 2 nitrogen and oxygen atoms in total. The third-order valence-electron chi connectivity index (χ3n) is 5.19. The van der Waals surface area contributed by atoms with Gasteiger partial charge in [0.15, 0.2) is 0 Å². The van der Waals surface area contributed by atoms with Crippen LogP contribution in [0.3, 0.4) is 0 Å². The van der Waals surface area contributed by atoms with Crippen LogP contribution in [0, 0.1) is 11.3 Å². The van der Waals surface area contributed by atoms with Crippen molar-refractivity contribution in [3.05, 3.63) is 42.1 Å². The first-order valence-corrected chi connectivity index (χ1v) is 8.06. The molecule has 0 saturated heterocycles. The van der Waals surface area contributed by atoms with Crippen molar-refractivity contribution >= 4 is 10.9 Å². The molecule has 2 heteroatoms. The lowest BCUT2D eigenvalue weighted by Gasteiger charge is -2.41. The zero-order valence-corrected chi connectivity index (χ0v) is 13.3. The smallest absolute Gasteiger partial charge is 0.0737 e. The molecule has 1 fully saturated rings. The minimum atomic E-state index is 0.260. The lowest BCUT2D eigenvalue weighted by atomic mass is 9.66. The molecule has 1 saturated carbocycles. The number of hydrogen-bond donors (Lipinski definition) is 1. The molecule has 2 aromatic rings. The molecule has 1 aromatic carbocycles. The maximum absolute atomic E-state index is 6.48. The van der Waals surface area contributed by atoms with Crippen LogP contribution >= 0.6 is 0 Å². The summed E-state index contributed by atoms with van der Waals surface area (Å²) >= 11 is 0. The van der Waals surface area contributed by atoms with Gasteiger partial charge in [0, 0.05) is 23.5 Å². The molecule has 3 unspecified atom stereocenters. The van der Waals surface area contributed by atoms with Crippen LogP contribution in [0.25, 0.3) is 10.9 Å². The van der Waals surface area contributed by atoms with Crippen LogP contribution in [0.5, 0.6) is 0 Å². The molecule has 1 heterocycles. The van der Waals surface area contributed by atoms with Crippen molar-refractivity contribution in [3.63, 3.8) is 0 Å². The quantitative estimate of drug-likeness (QED) is 0.837. The van der Waals surface area contributed by atoms with E-state index in [-0.39, 0.29) is 6.04 Å². The average Bonchev–Trinajstić information content (AvgIpc) is 2.46. The minimum absolute atomic E-state index is 0.260. The van der Waals surface area contributed by atoms with E-state index in [0.717, 1.165) is 17.9 Å². The van der Waals surface area contributed by atoms with Crippen LogP contribution in [0.1, 0.15) is 51.5 Å². The monoisotopic (exact) mass is 282 g/mol. The third kappa shape index (κ3) is 2.82. The van der Waals surface area contributed by atoms with Crippen LogP contribution in [-0.4, -0.2) is 11.0 Å². The molecular weight excluding hydrogens is 256 g/mol. The number of nitrogens with zero attached hydrogens (tertiary/aromatic N) is 1. The summed E-state index contributed by atoms with van der Waals surface area (Å²) in [7, 11) is 0. The van der Waals surface area contributed by atoms with Gasteiger partial charge < -0.3 is 5.73 Å². The predicted molar refractivity (Wildman–Crippen MR) is 89.3 cm³/mol. The maximum Gasteiger partial charge on any atom is 0.0737 e. The predicted octanol–water partition coefficient (Wildman–Crippen LogP) is 4.49. The van der Waals surface area contributed by atoms with Crippen molar-refractivity contribution in [2.75, 3.05) is 0 Å². The van der Waals surface area contributed by atoms with Crippen LogP contribution in [0.2, 0.25) is 0 Å². The second kappa shape index (κ2) is 5.42.